The fraction of sp³-hybridized carbons (Fsp3) is 0.714. The SMILES string of the molecule is CCCNc1nc(C(C)C)nc(SCCS(C)(=O)=O)c1C. The molecule has 120 valence electrons. The van der Waals surface area contributed by atoms with E-state index in [4.69, 9.17) is 0 Å². The van der Waals surface area contributed by atoms with Gasteiger partial charge in [-0.2, -0.15) is 0 Å². The second-order valence-corrected chi connectivity index (χ2v) is 8.76. The van der Waals surface area contributed by atoms with Crippen LogP contribution in [0.4, 0.5) is 5.82 Å². The maximum atomic E-state index is 11.2. The molecule has 1 N–H and O–H groups in total. The Balaban J connectivity index is 2.97. The van der Waals surface area contributed by atoms with E-state index in [9.17, 15) is 8.42 Å². The highest BCUT2D eigenvalue weighted by molar-refractivity contribution is 8.00. The molecule has 0 aliphatic carbocycles. The molecular formula is C14H25N3O2S2. The van der Waals surface area contributed by atoms with Crippen LogP contribution in [-0.2, 0) is 9.84 Å². The summed E-state index contributed by atoms with van der Waals surface area (Å²) in [6.07, 6.45) is 2.28. The molecule has 0 saturated heterocycles. The van der Waals surface area contributed by atoms with E-state index >= 15 is 0 Å². The van der Waals surface area contributed by atoms with Crippen molar-refractivity contribution in [3.8, 4) is 0 Å². The van der Waals surface area contributed by atoms with Gasteiger partial charge in [0.05, 0.1) is 5.75 Å². The normalized spacial score (nSPS) is 11.9. The molecule has 21 heavy (non-hydrogen) atoms. The van der Waals surface area contributed by atoms with Crippen molar-refractivity contribution in [2.24, 2.45) is 0 Å². The van der Waals surface area contributed by atoms with Gasteiger partial charge in [0.15, 0.2) is 0 Å². The van der Waals surface area contributed by atoms with Crippen molar-refractivity contribution in [3.05, 3.63) is 11.4 Å². The van der Waals surface area contributed by atoms with Crippen LogP contribution in [-0.4, -0.2) is 42.7 Å². The lowest BCUT2D eigenvalue weighted by Gasteiger charge is -2.14. The van der Waals surface area contributed by atoms with E-state index in [1.165, 1.54) is 18.0 Å². The molecule has 1 aromatic heterocycles. The van der Waals surface area contributed by atoms with E-state index in [1.54, 1.807) is 0 Å². The Bertz CT molecular complexity index is 572. The maximum Gasteiger partial charge on any atom is 0.148 e. The molecule has 0 aromatic carbocycles. The largest absolute Gasteiger partial charge is 0.370 e. The molecule has 0 aliphatic rings. The Hall–Kier alpha value is -0.820. The molecule has 0 atom stereocenters. The van der Waals surface area contributed by atoms with Gasteiger partial charge in [-0.1, -0.05) is 20.8 Å². The molecule has 0 saturated carbocycles. The molecule has 0 unspecified atom stereocenters. The van der Waals surface area contributed by atoms with Crippen molar-refractivity contribution >= 4 is 27.4 Å². The van der Waals surface area contributed by atoms with Crippen LogP contribution in [0.5, 0.6) is 0 Å². The number of nitrogens with one attached hydrogen (secondary N) is 1. The minimum Gasteiger partial charge on any atom is -0.370 e. The van der Waals surface area contributed by atoms with E-state index in [1.807, 2.05) is 6.92 Å². The molecule has 1 aromatic rings. The fourth-order valence-electron chi connectivity index (χ4n) is 1.62. The van der Waals surface area contributed by atoms with Gasteiger partial charge < -0.3 is 5.32 Å². The number of thioether (sulfide) groups is 1. The Morgan fingerprint density at radius 1 is 1.29 bits per heavy atom. The van der Waals surface area contributed by atoms with Crippen LogP contribution in [0.2, 0.25) is 0 Å². The van der Waals surface area contributed by atoms with Gasteiger partial charge in [0, 0.05) is 30.0 Å². The summed E-state index contributed by atoms with van der Waals surface area (Å²) in [5.41, 5.74) is 0.992. The van der Waals surface area contributed by atoms with Gasteiger partial charge in [0.25, 0.3) is 0 Å². The monoisotopic (exact) mass is 331 g/mol. The molecule has 0 radical (unpaired) electrons. The summed E-state index contributed by atoms with van der Waals surface area (Å²) in [6.45, 7) is 9.06. The quantitative estimate of drug-likeness (QED) is 0.583. The van der Waals surface area contributed by atoms with Crippen LogP contribution < -0.4 is 5.32 Å². The van der Waals surface area contributed by atoms with Crippen LogP contribution in [0.15, 0.2) is 5.03 Å². The van der Waals surface area contributed by atoms with Crippen molar-refractivity contribution in [3.63, 3.8) is 0 Å². The van der Waals surface area contributed by atoms with Crippen molar-refractivity contribution in [2.75, 3.05) is 29.6 Å². The third-order valence-corrected chi connectivity index (χ3v) is 5.15. The zero-order valence-corrected chi connectivity index (χ0v) is 15.1. The van der Waals surface area contributed by atoms with E-state index in [0.29, 0.717) is 5.75 Å². The molecule has 0 amide bonds. The van der Waals surface area contributed by atoms with Gasteiger partial charge in [-0.25, -0.2) is 18.4 Å². The van der Waals surface area contributed by atoms with Gasteiger partial charge in [-0.15, -0.1) is 11.8 Å². The third kappa shape index (κ3) is 6.22. The van der Waals surface area contributed by atoms with Crippen LogP contribution in [0, 0.1) is 6.92 Å². The zero-order valence-electron chi connectivity index (χ0n) is 13.4. The molecular weight excluding hydrogens is 306 g/mol. The molecule has 0 fully saturated rings. The number of aromatic nitrogens is 2. The summed E-state index contributed by atoms with van der Waals surface area (Å²) in [6, 6.07) is 0. The predicted octanol–water partition coefficient (Wildman–Crippen LogP) is 2.87. The van der Waals surface area contributed by atoms with Gasteiger partial charge in [0.2, 0.25) is 0 Å². The van der Waals surface area contributed by atoms with Gasteiger partial charge >= 0.3 is 0 Å². The van der Waals surface area contributed by atoms with Crippen molar-refractivity contribution < 1.29 is 8.42 Å². The summed E-state index contributed by atoms with van der Waals surface area (Å²) in [5, 5.41) is 4.19. The predicted molar refractivity (Wildman–Crippen MR) is 90.1 cm³/mol. The Morgan fingerprint density at radius 3 is 2.48 bits per heavy atom. The first kappa shape index (κ1) is 18.2. The summed E-state index contributed by atoms with van der Waals surface area (Å²) in [4.78, 5) is 9.15. The standard InChI is InChI=1S/C14H25N3O2S2/c1-6-7-15-13-11(4)14(17-12(16-13)10(2)3)20-8-9-21(5,18)19/h10H,6-9H2,1-5H3,(H,15,16,17). The molecule has 1 rings (SSSR count). The second-order valence-electron chi connectivity index (χ2n) is 5.42. The van der Waals surface area contributed by atoms with E-state index in [-0.39, 0.29) is 11.7 Å². The van der Waals surface area contributed by atoms with E-state index in [2.05, 4.69) is 36.1 Å². The molecule has 5 nitrogen and oxygen atoms in total. The number of nitrogens with zero attached hydrogens (tertiary/aromatic N) is 2. The zero-order chi connectivity index (χ0) is 16.0. The number of sulfone groups is 1. The minimum absolute atomic E-state index is 0.163. The van der Waals surface area contributed by atoms with Crippen molar-refractivity contribution in [2.45, 2.75) is 45.1 Å². The average molecular weight is 332 g/mol. The number of rotatable bonds is 8. The molecule has 7 heteroatoms. The second kappa shape index (κ2) is 7.98. The van der Waals surface area contributed by atoms with Crippen LogP contribution in [0.1, 0.15) is 44.5 Å². The van der Waals surface area contributed by atoms with E-state index < -0.39 is 9.84 Å². The smallest absolute Gasteiger partial charge is 0.148 e. The van der Waals surface area contributed by atoms with E-state index in [0.717, 1.165) is 35.2 Å². The Morgan fingerprint density at radius 2 is 1.95 bits per heavy atom. The van der Waals surface area contributed by atoms with Gasteiger partial charge in [-0.3, -0.25) is 0 Å². The highest BCUT2D eigenvalue weighted by atomic mass is 32.2. The first-order chi connectivity index (χ1) is 9.74. The average Bonchev–Trinajstić information content (AvgIpc) is 2.37. The Labute approximate surface area is 132 Å². The molecule has 1 heterocycles. The highest BCUT2D eigenvalue weighted by Crippen LogP contribution is 2.27. The van der Waals surface area contributed by atoms with Crippen LogP contribution in [0.25, 0.3) is 0 Å². The van der Waals surface area contributed by atoms with Crippen LogP contribution >= 0.6 is 11.8 Å². The van der Waals surface area contributed by atoms with Crippen LogP contribution in [0.3, 0.4) is 0 Å². The minimum atomic E-state index is -2.94. The molecule has 0 spiro atoms. The summed E-state index contributed by atoms with van der Waals surface area (Å²) >= 11 is 1.48. The van der Waals surface area contributed by atoms with Crippen molar-refractivity contribution in [1.82, 2.24) is 9.97 Å². The number of hydrogen-bond acceptors (Lipinski definition) is 6. The number of hydrogen-bond donors (Lipinski definition) is 1. The lowest BCUT2D eigenvalue weighted by molar-refractivity contribution is 0.603. The van der Waals surface area contributed by atoms with Gasteiger partial charge in [0.1, 0.15) is 26.5 Å². The number of anilines is 1. The third-order valence-electron chi connectivity index (χ3n) is 2.87. The molecule has 0 bridgehead atoms. The Kier molecular flexibility index (Phi) is 6.93. The summed E-state index contributed by atoms with van der Waals surface area (Å²) in [7, 11) is -2.94. The van der Waals surface area contributed by atoms with Gasteiger partial charge in [-0.05, 0) is 13.3 Å². The highest BCUT2D eigenvalue weighted by Gasteiger charge is 2.14. The first-order valence-electron chi connectivity index (χ1n) is 7.17. The summed E-state index contributed by atoms with van der Waals surface area (Å²) < 4.78 is 22.5. The topological polar surface area (TPSA) is 72.0 Å². The maximum absolute atomic E-state index is 11.2. The first-order valence-corrected chi connectivity index (χ1v) is 10.2. The van der Waals surface area contributed by atoms with Crippen molar-refractivity contribution in [1.29, 1.82) is 0 Å². The lowest BCUT2D eigenvalue weighted by atomic mass is 10.2. The summed E-state index contributed by atoms with van der Waals surface area (Å²) in [5.74, 6) is 2.57. The lowest BCUT2D eigenvalue weighted by Crippen LogP contribution is -2.10. The fourth-order valence-corrected chi connectivity index (χ4v) is 3.83. The molecule has 0 aliphatic heterocycles.